The maximum absolute atomic E-state index is 14.1. The number of carbonyl (C=O) groups is 2. The Kier molecular flexibility index (Phi) is 11.6. The summed E-state index contributed by atoms with van der Waals surface area (Å²) in [4.78, 5) is 29.2. The van der Waals surface area contributed by atoms with Gasteiger partial charge in [0.15, 0.2) is 0 Å². The molecule has 8 nitrogen and oxygen atoms in total. The number of amides is 2. The van der Waals surface area contributed by atoms with E-state index in [0.29, 0.717) is 22.5 Å². The lowest BCUT2D eigenvalue weighted by molar-refractivity contribution is -0.140. The molecule has 1 N–H and O–H groups in total. The smallest absolute Gasteiger partial charge is 0.244 e. The maximum Gasteiger partial charge on any atom is 0.244 e. The average Bonchev–Trinajstić information content (AvgIpc) is 2.93. The number of unbranched alkanes of at least 4 members (excludes halogenated alkanes) is 1. The molecular formula is C30H36BrN3O5S. The summed E-state index contributed by atoms with van der Waals surface area (Å²) in [7, 11) is -2.27. The largest absolute Gasteiger partial charge is 0.497 e. The maximum atomic E-state index is 14.1. The topological polar surface area (TPSA) is 96.0 Å². The van der Waals surface area contributed by atoms with Gasteiger partial charge in [0, 0.05) is 24.0 Å². The van der Waals surface area contributed by atoms with E-state index < -0.39 is 28.5 Å². The van der Waals surface area contributed by atoms with Crippen molar-refractivity contribution in [2.45, 2.75) is 38.8 Å². The zero-order valence-corrected chi connectivity index (χ0v) is 25.4. The van der Waals surface area contributed by atoms with E-state index in [4.69, 9.17) is 4.74 Å². The van der Waals surface area contributed by atoms with Crippen LogP contribution in [-0.2, 0) is 32.6 Å². The molecule has 0 aliphatic carbocycles. The minimum Gasteiger partial charge on any atom is -0.497 e. The second-order valence-electron chi connectivity index (χ2n) is 9.47. The van der Waals surface area contributed by atoms with Crippen molar-refractivity contribution in [2.75, 3.05) is 30.8 Å². The third-order valence-electron chi connectivity index (χ3n) is 6.36. The second-order valence-corrected chi connectivity index (χ2v) is 12.3. The molecule has 214 valence electrons. The zero-order chi connectivity index (χ0) is 29.1. The second kappa shape index (κ2) is 14.9. The molecule has 0 radical (unpaired) electrons. The number of anilines is 1. The predicted octanol–water partition coefficient (Wildman–Crippen LogP) is 4.78. The van der Waals surface area contributed by atoms with Crippen molar-refractivity contribution >= 4 is 43.5 Å². The Morgan fingerprint density at radius 1 is 0.975 bits per heavy atom. The molecule has 0 spiro atoms. The molecule has 0 fully saturated rings. The lowest BCUT2D eigenvalue weighted by Gasteiger charge is -2.33. The molecule has 0 aliphatic heterocycles. The number of sulfonamides is 1. The number of nitrogens with one attached hydrogen (secondary N) is 1. The van der Waals surface area contributed by atoms with Crippen molar-refractivity contribution in [3.05, 3.63) is 94.5 Å². The van der Waals surface area contributed by atoms with Gasteiger partial charge < -0.3 is 15.0 Å². The van der Waals surface area contributed by atoms with Gasteiger partial charge in [-0.3, -0.25) is 13.9 Å². The first-order valence-corrected chi connectivity index (χ1v) is 15.7. The van der Waals surface area contributed by atoms with E-state index in [9.17, 15) is 18.0 Å². The third-order valence-corrected chi connectivity index (χ3v) is 8.00. The molecule has 0 unspecified atom stereocenters. The van der Waals surface area contributed by atoms with Gasteiger partial charge >= 0.3 is 0 Å². The fourth-order valence-electron chi connectivity index (χ4n) is 4.27. The van der Waals surface area contributed by atoms with Crippen molar-refractivity contribution < 1.29 is 22.7 Å². The molecule has 0 heterocycles. The fourth-order valence-corrected chi connectivity index (χ4v) is 5.50. The van der Waals surface area contributed by atoms with E-state index in [-0.39, 0.29) is 18.9 Å². The van der Waals surface area contributed by atoms with Crippen LogP contribution >= 0.6 is 15.9 Å². The van der Waals surface area contributed by atoms with E-state index in [1.165, 1.54) is 4.90 Å². The monoisotopic (exact) mass is 629 g/mol. The molecule has 0 aromatic heterocycles. The molecule has 0 saturated heterocycles. The molecule has 10 heteroatoms. The molecular weight excluding hydrogens is 594 g/mol. The molecule has 3 rings (SSSR count). The van der Waals surface area contributed by atoms with Crippen molar-refractivity contribution in [1.82, 2.24) is 10.2 Å². The van der Waals surface area contributed by atoms with Gasteiger partial charge in [-0.05, 0) is 47.9 Å². The van der Waals surface area contributed by atoms with Crippen LogP contribution in [-0.4, -0.2) is 57.6 Å². The Hall–Kier alpha value is -3.37. The molecule has 2 amide bonds. The van der Waals surface area contributed by atoms with Gasteiger partial charge in [-0.25, -0.2) is 8.42 Å². The highest BCUT2D eigenvalue weighted by atomic mass is 79.9. The Balaban J connectivity index is 2.04. The van der Waals surface area contributed by atoms with Crippen LogP contribution < -0.4 is 14.4 Å². The molecule has 0 bridgehead atoms. The van der Waals surface area contributed by atoms with Crippen LogP contribution in [0.25, 0.3) is 0 Å². The number of carbonyl (C=O) groups excluding carboxylic acids is 2. The number of benzene rings is 3. The van der Waals surface area contributed by atoms with Crippen molar-refractivity contribution in [1.29, 1.82) is 0 Å². The normalized spacial score (nSPS) is 11.9. The summed E-state index contributed by atoms with van der Waals surface area (Å²) >= 11 is 3.38. The molecule has 1 atom stereocenters. The zero-order valence-electron chi connectivity index (χ0n) is 23.0. The summed E-state index contributed by atoms with van der Waals surface area (Å²) in [6.07, 6.45) is 3.04. The van der Waals surface area contributed by atoms with Crippen LogP contribution in [0.2, 0.25) is 0 Å². The van der Waals surface area contributed by atoms with Crippen molar-refractivity contribution in [3.63, 3.8) is 0 Å². The Morgan fingerprint density at radius 3 is 2.33 bits per heavy atom. The summed E-state index contributed by atoms with van der Waals surface area (Å²) in [6, 6.07) is 22.6. The molecule has 3 aromatic rings. The highest BCUT2D eigenvalue weighted by molar-refractivity contribution is 9.10. The number of ether oxygens (including phenoxy) is 1. The summed E-state index contributed by atoms with van der Waals surface area (Å²) in [5, 5.41) is 2.97. The van der Waals surface area contributed by atoms with Gasteiger partial charge in [0.2, 0.25) is 21.8 Å². The van der Waals surface area contributed by atoms with E-state index in [2.05, 4.69) is 21.2 Å². The molecule has 0 saturated carbocycles. The Bertz CT molecular complexity index is 1380. The highest BCUT2D eigenvalue weighted by Gasteiger charge is 2.33. The van der Waals surface area contributed by atoms with E-state index in [1.807, 2.05) is 49.4 Å². The van der Waals surface area contributed by atoms with Gasteiger partial charge in [0.05, 0.1) is 19.1 Å². The summed E-state index contributed by atoms with van der Waals surface area (Å²) < 4.78 is 32.8. The number of halogens is 1. The minimum atomic E-state index is -3.82. The van der Waals surface area contributed by atoms with Gasteiger partial charge in [-0.1, -0.05) is 77.8 Å². The van der Waals surface area contributed by atoms with Crippen LogP contribution in [0.4, 0.5) is 5.69 Å². The minimum absolute atomic E-state index is 0.0881. The first-order chi connectivity index (χ1) is 19.1. The van der Waals surface area contributed by atoms with Gasteiger partial charge in [-0.2, -0.15) is 0 Å². The summed E-state index contributed by atoms with van der Waals surface area (Å²) in [5.74, 6) is -0.175. The van der Waals surface area contributed by atoms with Crippen LogP contribution in [0, 0.1) is 0 Å². The molecule has 0 aliphatic rings. The predicted molar refractivity (Wildman–Crippen MR) is 162 cm³/mol. The first-order valence-electron chi connectivity index (χ1n) is 13.1. The van der Waals surface area contributed by atoms with Gasteiger partial charge in [-0.15, -0.1) is 0 Å². The third kappa shape index (κ3) is 9.09. The summed E-state index contributed by atoms with van der Waals surface area (Å²) in [5.41, 5.74) is 1.98. The van der Waals surface area contributed by atoms with E-state index in [1.54, 1.807) is 43.5 Å². The number of methoxy groups -OCH3 is 1. The fraction of sp³-hybridized carbons (Fsp3) is 0.333. The van der Waals surface area contributed by atoms with Gasteiger partial charge in [0.1, 0.15) is 18.3 Å². The number of rotatable bonds is 14. The highest BCUT2D eigenvalue weighted by Crippen LogP contribution is 2.24. The Labute approximate surface area is 245 Å². The molecule has 3 aromatic carbocycles. The van der Waals surface area contributed by atoms with Gasteiger partial charge in [0.25, 0.3) is 0 Å². The summed E-state index contributed by atoms with van der Waals surface area (Å²) in [6.45, 7) is 2.14. The lowest BCUT2D eigenvalue weighted by Crippen LogP contribution is -2.53. The van der Waals surface area contributed by atoms with Crippen LogP contribution in [0.5, 0.6) is 5.75 Å². The van der Waals surface area contributed by atoms with E-state index >= 15 is 0 Å². The number of hydrogen-bond donors (Lipinski definition) is 1. The van der Waals surface area contributed by atoms with Crippen LogP contribution in [0.3, 0.4) is 0 Å². The SMILES string of the molecule is CCCCNC(=O)[C@@H](Cc1ccccc1)N(Cc1cccc(OC)c1)C(=O)CN(c1cccc(Br)c1)S(C)(=O)=O. The number of hydrogen-bond acceptors (Lipinski definition) is 5. The molecule has 40 heavy (non-hydrogen) atoms. The average molecular weight is 631 g/mol. The quantitative estimate of drug-likeness (QED) is 0.259. The van der Waals surface area contributed by atoms with E-state index in [0.717, 1.165) is 34.5 Å². The Morgan fingerprint density at radius 2 is 1.68 bits per heavy atom. The first kappa shape index (κ1) is 31.2. The van der Waals surface area contributed by atoms with Crippen molar-refractivity contribution in [3.8, 4) is 5.75 Å². The lowest BCUT2D eigenvalue weighted by atomic mass is 10.0. The standard InChI is InChI=1S/C30H36BrN3O5S/c1-4-5-17-32-30(36)28(19-23-11-7-6-8-12-23)33(21-24-13-9-16-27(18-24)39-2)29(35)22-34(40(3,37)38)26-15-10-14-25(31)20-26/h6-16,18,20,28H,4-5,17,19,21-22H2,1-3H3,(H,32,36)/t28-/m1/s1. The van der Waals surface area contributed by atoms with Crippen LogP contribution in [0.1, 0.15) is 30.9 Å². The van der Waals surface area contributed by atoms with Crippen LogP contribution in [0.15, 0.2) is 83.3 Å². The van der Waals surface area contributed by atoms with Crippen molar-refractivity contribution in [2.24, 2.45) is 0 Å². The number of nitrogens with zero attached hydrogens (tertiary/aromatic N) is 2.